The summed E-state index contributed by atoms with van der Waals surface area (Å²) in [5, 5.41) is 9.51. The molecule has 0 saturated carbocycles. The first-order valence-corrected chi connectivity index (χ1v) is 9.16. The lowest BCUT2D eigenvalue weighted by Crippen LogP contribution is -2.26. The van der Waals surface area contributed by atoms with Gasteiger partial charge in [0.05, 0.1) is 11.3 Å². The fourth-order valence-electron chi connectivity index (χ4n) is 3.39. The second kappa shape index (κ2) is 7.67. The van der Waals surface area contributed by atoms with Crippen LogP contribution in [-0.2, 0) is 0 Å². The first kappa shape index (κ1) is 18.0. The van der Waals surface area contributed by atoms with E-state index in [0.29, 0.717) is 5.56 Å². The third kappa shape index (κ3) is 3.80. The third-order valence-electron chi connectivity index (χ3n) is 4.87. The summed E-state index contributed by atoms with van der Waals surface area (Å²) in [7, 11) is 0. The Hall–Kier alpha value is -3.43. The molecule has 2 aromatic heterocycles. The quantitative estimate of drug-likeness (QED) is 0.729. The van der Waals surface area contributed by atoms with Crippen molar-refractivity contribution >= 4 is 18.0 Å². The molecule has 1 aliphatic rings. The van der Waals surface area contributed by atoms with E-state index in [9.17, 15) is 9.65 Å². The molecule has 6 heteroatoms. The fourth-order valence-corrected chi connectivity index (χ4v) is 3.39. The number of nitrogens with zero attached hydrogens (tertiary/aromatic N) is 3. The fraction of sp³-hybridized carbons (Fsp3) is 0.182. The first-order chi connectivity index (χ1) is 13.6. The summed E-state index contributed by atoms with van der Waals surface area (Å²) in [6, 6.07) is 14.4. The van der Waals surface area contributed by atoms with Crippen LogP contribution in [0.15, 0.2) is 48.7 Å². The topological polar surface area (TPSA) is 81.7 Å². The minimum Gasteiger partial charge on any atom is -0.355 e. The average Bonchev–Trinajstić information content (AvgIpc) is 3.34. The van der Waals surface area contributed by atoms with Crippen LogP contribution in [0.2, 0.25) is 0 Å². The number of hydrogen-bond donors (Lipinski definition) is 2. The largest absolute Gasteiger partial charge is 0.355 e. The van der Waals surface area contributed by atoms with E-state index in [1.54, 1.807) is 18.3 Å². The molecule has 0 unspecified atom stereocenters. The standard InChI is InChI=1S/C22H20FN5/c23-18-4-1-15(2-5-18)3-6-20-11-16(7-9-26-20)21-12-17(13-24)22(27-21)28-10-8-19(25)14-28/h1-7,9,11-12,19,27H,8,10,14,25H2/t19-/m0/s1. The molecule has 1 saturated heterocycles. The maximum absolute atomic E-state index is 13.0. The zero-order chi connectivity index (χ0) is 19.5. The second-order valence-electron chi connectivity index (χ2n) is 6.91. The predicted octanol–water partition coefficient (Wildman–Crippen LogP) is 3.80. The highest BCUT2D eigenvalue weighted by atomic mass is 19.1. The number of pyridine rings is 1. The van der Waals surface area contributed by atoms with E-state index in [0.717, 1.165) is 47.8 Å². The van der Waals surface area contributed by atoms with Crippen LogP contribution in [0.5, 0.6) is 0 Å². The van der Waals surface area contributed by atoms with Gasteiger partial charge < -0.3 is 15.6 Å². The minimum absolute atomic E-state index is 0.141. The van der Waals surface area contributed by atoms with Crippen molar-refractivity contribution in [2.24, 2.45) is 5.73 Å². The van der Waals surface area contributed by atoms with E-state index in [1.807, 2.05) is 30.4 Å². The molecule has 1 fully saturated rings. The van der Waals surface area contributed by atoms with Crippen LogP contribution in [0.3, 0.4) is 0 Å². The lowest BCUT2D eigenvalue weighted by molar-refractivity contribution is 0.628. The molecule has 0 aliphatic carbocycles. The number of halogens is 1. The lowest BCUT2D eigenvalue weighted by Gasteiger charge is -2.16. The Morgan fingerprint density at radius 2 is 2.04 bits per heavy atom. The Kier molecular flexibility index (Phi) is 4.92. The van der Waals surface area contributed by atoms with Gasteiger partial charge in [0, 0.05) is 36.6 Å². The van der Waals surface area contributed by atoms with Gasteiger partial charge in [-0.2, -0.15) is 5.26 Å². The summed E-state index contributed by atoms with van der Waals surface area (Å²) in [5.41, 5.74) is 10.1. The van der Waals surface area contributed by atoms with Crippen LogP contribution in [0.25, 0.3) is 23.4 Å². The van der Waals surface area contributed by atoms with Crippen molar-refractivity contribution in [3.8, 4) is 17.3 Å². The van der Waals surface area contributed by atoms with Crippen LogP contribution in [0, 0.1) is 17.1 Å². The molecule has 3 aromatic rings. The molecule has 1 aromatic carbocycles. The first-order valence-electron chi connectivity index (χ1n) is 9.16. The average molecular weight is 373 g/mol. The van der Waals surface area contributed by atoms with E-state index in [1.165, 1.54) is 12.1 Å². The third-order valence-corrected chi connectivity index (χ3v) is 4.87. The van der Waals surface area contributed by atoms with Crippen LogP contribution in [0.1, 0.15) is 23.2 Å². The molecule has 3 heterocycles. The molecule has 0 amide bonds. The van der Waals surface area contributed by atoms with Crippen LogP contribution < -0.4 is 10.6 Å². The molecule has 0 radical (unpaired) electrons. The van der Waals surface area contributed by atoms with E-state index < -0.39 is 0 Å². The summed E-state index contributed by atoms with van der Waals surface area (Å²) in [4.78, 5) is 9.87. The van der Waals surface area contributed by atoms with Crippen molar-refractivity contribution < 1.29 is 4.39 Å². The lowest BCUT2D eigenvalue weighted by atomic mass is 10.1. The molecule has 0 spiro atoms. The van der Waals surface area contributed by atoms with Crippen molar-refractivity contribution in [3.05, 3.63) is 71.3 Å². The predicted molar refractivity (Wildman–Crippen MR) is 109 cm³/mol. The number of aromatic amines is 1. The molecule has 1 atom stereocenters. The van der Waals surface area contributed by atoms with Crippen molar-refractivity contribution in [3.63, 3.8) is 0 Å². The molecule has 4 rings (SSSR count). The van der Waals surface area contributed by atoms with Gasteiger partial charge in [-0.25, -0.2) is 4.39 Å². The number of rotatable bonds is 4. The Morgan fingerprint density at radius 3 is 2.75 bits per heavy atom. The Labute approximate surface area is 162 Å². The highest BCUT2D eigenvalue weighted by Crippen LogP contribution is 2.29. The van der Waals surface area contributed by atoms with Gasteiger partial charge in [0.1, 0.15) is 17.7 Å². The van der Waals surface area contributed by atoms with Gasteiger partial charge in [-0.05, 0) is 48.4 Å². The van der Waals surface area contributed by atoms with Crippen molar-refractivity contribution in [2.75, 3.05) is 18.0 Å². The van der Waals surface area contributed by atoms with Gasteiger partial charge in [0.2, 0.25) is 0 Å². The van der Waals surface area contributed by atoms with E-state index in [-0.39, 0.29) is 11.9 Å². The number of benzene rings is 1. The zero-order valence-corrected chi connectivity index (χ0v) is 15.3. The molecular weight excluding hydrogens is 353 g/mol. The zero-order valence-electron chi connectivity index (χ0n) is 15.3. The number of aromatic nitrogens is 2. The van der Waals surface area contributed by atoms with E-state index in [2.05, 4.69) is 20.9 Å². The Bertz CT molecular complexity index is 1050. The summed E-state index contributed by atoms with van der Waals surface area (Å²) >= 11 is 0. The summed E-state index contributed by atoms with van der Waals surface area (Å²) in [6.07, 6.45) is 6.42. The number of nitrogens with two attached hydrogens (primary N) is 1. The summed E-state index contributed by atoms with van der Waals surface area (Å²) in [5.74, 6) is 0.567. The van der Waals surface area contributed by atoms with Gasteiger partial charge in [-0.3, -0.25) is 4.98 Å². The molecular formula is C22H20FN5. The van der Waals surface area contributed by atoms with Gasteiger partial charge >= 0.3 is 0 Å². The highest BCUT2D eigenvalue weighted by molar-refractivity contribution is 5.73. The van der Waals surface area contributed by atoms with Crippen LogP contribution >= 0.6 is 0 Å². The molecule has 0 bridgehead atoms. The maximum atomic E-state index is 13.0. The monoisotopic (exact) mass is 373 g/mol. The van der Waals surface area contributed by atoms with Crippen molar-refractivity contribution in [2.45, 2.75) is 12.5 Å². The van der Waals surface area contributed by atoms with Crippen molar-refractivity contribution in [1.29, 1.82) is 5.26 Å². The Morgan fingerprint density at radius 1 is 1.21 bits per heavy atom. The maximum Gasteiger partial charge on any atom is 0.124 e. The number of H-pyrrole nitrogens is 1. The van der Waals surface area contributed by atoms with E-state index in [4.69, 9.17) is 5.73 Å². The van der Waals surface area contributed by atoms with Gasteiger partial charge in [0.25, 0.3) is 0 Å². The van der Waals surface area contributed by atoms with Crippen LogP contribution in [-0.4, -0.2) is 29.1 Å². The molecule has 5 nitrogen and oxygen atoms in total. The molecule has 1 aliphatic heterocycles. The van der Waals surface area contributed by atoms with Crippen molar-refractivity contribution in [1.82, 2.24) is 9.97 Å². The normalized spacial score (nSPS) is 16.6. The van der Waals surface area contributed by atoms with Gasteiger partial charge in [-0.15, -0.1) is 0 Å². The highest BCUT2D eigenvalue weighted by Gasteiger charge is 2.23. The number of anilines is 1. The number of nitriles is 1. The smallest absolute Gasteiger partial charge is 0.124 e. The summed E-state index contributed by atoms with van der Waals surface area (Å²) < 4.78 is 13.0. The number of nitrogens with one attached hydrogen (secondary N) is 1. The Balaban J connectivity index is 1.60. The van der Waals surface area contributed by atoms with Gasteiger partial charge in [0.15, 0.2) is 0 Å². The number of hydrogen-bond acceptors (Lipinski definition) is 4. The molecule has 3 N–H and O–H groups in total. The van der Waals surface area contributed by atoms with E-state index >= 15 is 0 Å². The minimum atomic E-state index is -0.257. The van der Waals surface area contributed by atoms with Gasteiger partial charge in [-0.1, -0.05) is 18.2 Å². The second-order valence-corrected chi connectivity index (χ2v) is 6.91. The molecule has 140 valence electrons. The molecule has 28 heavy (non-hydrogen) atoms. The van der Waals surface area contributed by atoms with Crippen LogP contribution in [0.4, 0.5) is 10.2 Å². The summed E-state index contributed by atoms with van der Waals surface area (Å²) in [6.45, 7) is 1.59. The SMILES string of the molecule is N#Cc1cc(-c2ccnc(C=Cc3ccc(F)cc3)c2)[nH]c1N1CC[C@H](N)C1.